The van der Waals surface area contributed by atoms with Gasteiger partial charge in [-0.05, 0) is 58.7 Å². The highest BCUT2D eigenvalue weighted by molar-refractivity contribution is 9.10. The predicted molar refractivity (Wildman–Crippen MR) is 81.6 cm³/mol. The molecule has 0 aliphatic heterocycles. The Hall–Kier alpha value is -0.920. The van der Waals surface area contributed by atoms with Crippen LogP contribution in [0.15, 0.2) is 50.5 Å². The molecule has 7 heteroatoms. The van der Waals surface area contributed by atoms with E-state index in [1.54, 1.807) is 36.5 Å². The van der Waals surface area contributed by atoms with Crippen LogP contribution in [0.3, 0.4) is 0 Å². The summed E-state index contributed by atoms with van der Waals surface area (Å²) in [5.74, 6) is 0. The smallest absolute Gasteiger partial charge is 0.261 e. The summed E-state index contributed by atoms with van der Waals surface area (Å²) < 4.78 is 28.3. The van der Waals surface area contributed by atoms with Crippen LogP contribution in [0.25, 0.3) is 0 Å². The third kappa shape index (κ3) is 3.34. The van der Waals surface area contributed by atoms with Crippen LogP contribution in [-0.4, -0.2) is 13.4 Å². The van der Waals surface area contributed by atoms with E-state index in [9.17, 15) is 8.42 Å². The quantitative estimate of drug-likeness (QED) is 0.791. The van der Waals surface area contributed by atoms with E-state index in [1.807, 2.05) is 6.92 Å². The van der Waals surface area contributed by atoms with Crippen LogP contribution in [-0.2, 0) is 10.0 Å². The van der Waals surface area contributed by atoms with Crippen LogP contribution < -0.4 is 4.72 Å². The first-order valence-electron chi connectivity index (χ1n) is 5.29. The van der Waals surface area contributed by atoms with Crippen LogP contribution >= 0.6 is 31.9 Å². The molecule has 0 atom stereocenters. The molecule has 4 nitrogen and oxygen atoms in total. The minimum absolute atomic E-state index is 0.212. The molecular weight excluding hydrogens is 396 g/mol. The minimum atomic E-state index is -3.62. The zero-order valence-electron chi connectivity index (χ0n) is 9.89. The third-order valence-electron chi connectivity index (χ3n) is 2.44. The Labute approximate surface area is 128 Å². The van der Waals surface area contributed by atoms with Crippen LogP contribution in [0.4, 0.5) is 5.69 Å². The number of aromatic nitrogens is 1. The predicted octanol–water partition coefficient (Wildman–Crippen LogP) is 3.72. The fourth-order valence-electron chi connectivity index (χ4n) is 1.45. The fraction of sp³-hybridized carbons (Fsp3) is 0.0833. The summed E-state index contributed by atoms with van der Waals surface area (Å²) in [7, 11) is -3.62. The molecule has 0 saturated heterocycles. The van der Waals surface area contributed by atoms with Gasteiger partial charge in [0.2, 0.25) is 0 Å². The number of nitrogens with one attached hydrogen (secondary N) is 1. The van der Waals surface area contributed by atoms with E-state index in [0.29, 0.717) is 10.3 Å². The Morgan fingerprint density at radius 3 is 2.58 bits per heavy atom. The normalized spacial score (nSPS) is 11.3. The Balaban J connectivity index is 2.38. The van der Waals surface area contributed by atoms with E-state index >= 15 is 0 Å². The summed E-state index contributed by atoms with van der Waals surface area (Å²) in [6.45, 7) is 1.84. The second-order valence-corrected chi connectivity index (χ2v) is 7.15. The monoisotopic (exact) mass is 404 g/mol. The first kappa shape index (κ1) is 14.5. The fourth-order valence-corrected chi connectivity index (χ4v) is 3.33. The summed E-state index contributed by atoms with van der Waals surface area (Å²) in [6, 6.07) is 8.17. The topological polar surface area (TPSA) is 59.1 Å². The second-order valence-electron chi connectivity index (χ2n) is 3.86. The molecule has 0 saturated carbocycles. The van der Waals surface area contributed by atoms with Crippen molar-refractivity contribution in [3.8, 4) is 0 Å². The highest BCUT2D eigenvalue weighted by Crippen LogP contribution is 2.24. The van der Waals surface area contributed by atoms with E-state index in [1.165, 1.54) is 0 Å². The number of hydrogen-bond donors (Lipinski definition) is 1. The van der Waals surface area contributed by atoms with E-state index in [4.69, 9.17) is 0 Å². The number of sulfonamides is 1. The van der Waals surface area contributed by atoms with Crippen molar-refractivity contribution < 1.29 is 8.42 Å². The molecule has 2 aromatic rings. The van der Waals surface area contributed by atoms with Gasteiger partial charge in [0.1, 0.15) is 4.60 Å². The minimum Gasteiger partial charge on any atom is -0.277 e. The molecule has 1 N–H and O–H groups in total. The van der Waals surface area contributed by atoms with Crippen molar-refractivity contribution in [2.45, 2.75) is 11.8 Å². The average Bonchev–Trinajstić information content (AvgIpc) is 2.35. The van der Waals surface area contributed by atoms with Gasteiger partial charge < -0.3 is 0 Å². The van der Waals surface area contributed by atoms with Crippen molar-refractivity contribution in [2.75, 3.05) is 4.72 Å². The summed E-state index contributed by atoms with van der Waals surface area (Å²) in [6.07, 6.45) is 1.58. The Morgan fingerprint density at radius 1 is 1.21 bits per heavy atom. The average molecular weight is 406 g/mol. The molecule has 0 fully saturated rings. The highest BCUT2D eigenvalue weighted by atomic mass is 79.9. The standard InChI is InChI=1S/C12H10Br2N2O2S/c1-8-7-9(4-5-10(8)13)19(17,18)16-11-3-2-6-15-12(11)14/h2-7,16H,1H3. The van der Waals surface area contributed by atoms with Gasteiger partial charge in [0.25, 0.3) is 10.0 Å². The van der Waals surface area contributed by atoms with Gasteiger partial charge in [-0.15, -0.1) is 0 Å². The number of anilines is 1. The number of hydrogen-bond acceptors (Lipinski definition) is 3. The summed E-state index contributed by atoms with van der Waals surface area (Å²) in [4.78, 5) is 4.18. The molecule has 19 heavy (non-hydrogen) atoms. The van der Waals surface area contributed by atoms with Crippen molar-refractivity contribution >= 4 is 47.6 Å². The van der Waals surface area contributed by atoms with Crippen molar-refractivity contribution in [3.63, 3.8) is 0 Å². The Bertz CT molecular complexity index is 717. The zero-order chi connectivity index (χ0) is 14.0. The molecule has 1 aromatic carbocycles. The van der Waals surface area contributed by atoms with Crippen molar-refractivity contribution in [2.24, 2.45) is 0 Å². The molecule has 2 rings (SSSR count). The molecule has 1 aromatic heterocycles. The van der Waals surface area contributed by atoms with E-state index in [0.717, 1.165) is 10.0 Å². The summed E-state index contributed by atoms with van der Waals surface area (Å²) >= 11 is 6.54. The molecule has 0 unspecified atom stereocenters. The lowest BCUT2D eigenvalue weighted by atomic mass is 10.2. The van der Waals surface area contributed by atoms with Crippen LogP contribution in [0, 0.1) is 6.92 Å². The third-order valence-corrected chi connectivity index (χ3v) is 5.33. The molecule has 0 aliphatic rings. The molecule has 1 heterocycles. The molecule has 0 bridgehead atoms. The summed E-state index contributed by atoms with van der Waals surface area (Å²) in [5.41, 5.74) is 1.26. The molecule has 100 valence electrons. The van der Waals surface area contributed by atoms with Crippen LogP contribution in [0.5, 0.6) is 0 Å². The zero-order valence-corrected chi connectivity index (χ0v) is 13.9. The first-order valence-corrected chi connectivity index (χ1v) is 8.36. The molecular formula is C12H10Br2N2O2S. The number of halogens is 2. The number of rotatable bonds is 3. The number of benzene rings is 1. The maximum Gasteiger partial charge on any atom is 0.261 e. The van der Waals surface area contributed by atoms with Gasteiger partial charge in [0.05, 0.1) is 10.6 Å². The van der Waals surface area contributed by atoms with E-state index < -0.39 is 10.0 Å². The molecule has 0 spiro atoms. The Morgan fingerprint density at radius 2 is 1.95 bits per heavy atom. The maximum absolute atomic E-state index is 12.2. The van der Waals surface area contributed by atoms with E-state index in [-0.39, 0.29) is 4.90 Å². The van der Waals surface area contributed by atoms with Gasteiger partial charge in [-0.1, -0.05) is 15.9 Å². The number of nitrogens with zero attached hydrogens (tertiary/aromatic N) is 1. The molecule has 0 radical (unpaired) electrons. The Kier molecular flexibility index (Phi) is 4.27. The number of aryl methyl sites for hydroxylation is 1. The lowest BCUT2D eigenvalue weighted by molar-refractivity contribution is 0.601. The second kappa shape index (κ2) is 5.60. The highest BCUT2D eigenvalue weighted by Gasteiger charge is 2.16. The van der Waals surface area contributed by atoms with Gasteiger partial charge >= 0.3 is 0 Å². The largest absolute Gasteiger partial charge is 0.277 e. The lowest BCUT2D eigenvalue weighted by Gasteiger charge is -2.10. The van der Waals surface area contributed by atoms with Gasteiger partial charge in [0, 0.05) is 10.7 Å². The lowest BCUT2D eigenvalue weighted by Crippen LogP contribution is -2.13. The molecule has 0 amide bonds. The van der Waals surface area contributed by atoms with Crippen LogP contribution in [0.1, 0.15) is 5.56 Å². The SMILES string of the molecule is Cc1cc(S(=O)(=O)Nc2cccnc2Br)ccc1Br. The van der Waals surface area contributed by atoms with Gasteiger partial charge in [0.15, 0.2) is 0 Å². The van der Waals surface area contributed by atoms with Gasteiger partial charge in [-0.2, -0.15) is 0 Å². The number of pyridine rings is 1. The van der Waals surface area contributed by atoms with E-state index in [2.05, 4.69) is 41.6 Å². The maximum atomic E-state index is 12.2. The van der Waals surface area contributed by atoms with Crippen molar-refractivity contribution in [3.05, 3.63) is 51.2 Å². The van der Waals surface area contributed by atoms with Gasteiger partial charge in [-0.3, -0.25) is 4.72 Å². The van der Waals surface area contributed by atoms with Crippen molar-refractivity contribution in [1.29, 1.82) is 0 Å². The molecule has 0 aliphatic carbocycles. The summed E-state index contributed by atoms with van der Waals surface area (Å²) in [5, 5.41) is 0. The van der Waals surface area contributed by atoms with Gasteiger partial charge in [-0.25, -0.2) is 13.4 Å². The van der Waals surface area contributed by atoms with Crippen LogP contribution in [0.2, 0.25) is 0 Å². The first-order chi connectivity index (χ1) is 8.90. The van der Waals surface area contributed by atoms with Crippen molar-refractivity contribution in [1.82, 2.24) is 4.98 Å².